The van der Waals surface area contributed by atoms with E-state index >= 15 is 0 Å². The Morgan fingerprint density at radius 3 is 2.47 bits per heavy atom. The molecule has 1 aromatic heterocycles. The normalized spacial score (nSPS) is 16.9. The fraction of sp³-hybridized carbons (Fsp3) is 0.357. The van der Waals surface area contributed by atoms with Crippen LogP contribution in [0.15, 0.2) is 72.8 Å². The molecule has 5 nitrogen and oxygen atoms in total. The molecule has 3 aromatic rings. The SMILES string of the molecule is CC(C)(C)OC(=O)N1CCN(Cc2ccccc2)C[C@H]1Cc1ccccc1-c1cccc(Cl)n1. The van der Waals surface area contributed by atoms with Crippen LogP contribution in [0.3, 0.4) is 0 Å². The third-order valence-electron chi connectivity index (χ3n) is 5.91. The van der Waals surface area contributed by atoms with Gasteiger partial charge in [-0.05, 0) is 50.5 Å². The monoisotopic (exact) mass is 477 g/mol. The number of amides is 1. The Labute approximate surface area is 207 Å². The minimum absolute atomic E-state index is 0.0207. The van der Waals surface area contributed by atoms with Crippen LogP contribution < -0.4 is 0 Å². The number of carbonyl (C=O) groups is 1. The minimum atomic E-state index is -0.536. The summed E-state index contributed by atoms with van der Waals surface area (Å²) in [6.45, 7) is 8.79. The summed E-state index contributed by atoms with van der Waals surface area (Å²) in [7, 11) is 0. The molecule has 4 rings (SSSR count). The van der Waals surface area contributed by atoms with Crippen molar-refractivity contribution in [3.05, 3.63) is 89.1 Å². The standard InChI is InChI=1S/C28H32ClN3O2/c1-28(2,3)34-27(33)32-17-16-31(19-21-10-5-4-6-11-21)20-23(32)18-22-12-7-8-13-24(22)25-14-9-15-26(29)30-25/h4-15,23H,16-20H2,1-3H3/t23-/m1/s1. The maximum atomic E-state index is 13.1. The molecule has 0 radical (unpaired) electrons. The zero-order valence-electron chi connectivity index (χ0n) is 20.1. The van der Waals surface area contributed by atoms with Gasteiger partial charge >= 0.3 is 6.09 Å². The summed E-state index contributed by atoms with van der Waals surface area (Å²) in [5.41, 5.74) is 3.75. The smallest absolute Gasteiger partial charge is 0.410 e. The zero-order chi connectivity index (χ0) is 24.1. The van der Waals surface area contributed by atoms with Gasteiger partial charge in [-0.1, -0.05) is 72.3 Å². The maximum absolute atomic E-state index is 13.1. The van der Waals surface area contributed by atoms with E-state index in [0.29, 0.717) is 18.1 Å². The predicted molar refractivity (Wildman–Crippen MR) is 137 cm³/mol. The molecule has 0 saturated carbocycles. The molecule has 1 amide bonds. The topological polar surface area (TPSA) is 45.7 Å². The lowest BCUT2D eigenvalue weighted by molar-refractivity contribution is -0.00231. The average Bonchev–Trinajstić information content (AvgIpc) is 2.79. The number of benzene rings is 2. The van der Waals surface area contributed by atoms with Gasteiger partial charge in [0.25, 0.3) is 0 Å². The second kappa shape index (κ2) is 10.6. The third kappa shape index (κ3) is 6.37. The molecule has 2 heterocycles. The number of ether oxygens (including phenoxy) is 1. The summed E-state index contributed by atoms with van der Waals surface area (Å²) in [5.74, 6) is 0. The summed E-state index contributed by atoms with van der Waals surface area (Å²) in [5, 5.41) is 0.467. The molecule has 1 atom stereocenters. The highest BCUT2D eigenvalue weighted by atomic mass is 35.5. The summed E-state index contributed by atoms with van der Waals surface area (Å²) in [6.07, 6.45) is 0.449. The number of rotatable bonds is 5. The summed E-state index contributed by atoms with van der Waals surface area (Å²) in [4.78, 5) is 22.0. The van der Waals surface area contributed by atoms with Crippen LogP contribution in [0.2, 0.25) is 5.15 Å². The Hall–Kier alpha value is -2.89. The number of hydrogen-bond acceptors (Lipinski definition) is 4. The maximum Gasteiger partial charge on any atom is 0.410 e. The molecule has 0 unspecified atom stereocenters. The van der Waals surface area contributed by atoms with Gasteiger partial charge < -0.3 is 9.64 Å². The first-order valence-corrected chi connectivity index (χ1v) is 12.1. The van der Waals surface area contributed by atoms with Crippen LogP contribution in [-0.4, -0.2) is 52.2 Å². The number of aromatic nitrogens is 1. The lowest BCUT2D eigenvalue weighted by Gasteiger charge is -2.42. The first-order valence-electron chi connectivity index (χ1n) is 11.8. The Balaban J connectivity index is 1.60. The summed E-state index contributed by atoms with van der Waals surface area (Å²) < 4.78 is 5.77. The van der Waals surface area contributed by atoms with Crippen molar-refractivity contribution < 1.29 is 9.53 Å². The molecular formula is C28H32ClN3O2. The van der Waals surface area contributed by atoms with Gasteiger partial charge in [-0.25, -0.2) is 9.78 Å². The van der Waals surface area contributed by atoms with Gasteiger partial charge in [0.15, 0.2) is 0 Å². The van der Waals surface area contributed by atoms with Crippen LogP contribution in [-0.2, 0) is 17.7 Å². The van der Waals surface area contributed by atoms with Crippen LogP contribution >= 0.6 is 11.6 Å². The van der Waals surface area contributed by atoms with E-state index in [4.69, 9.17) is 16.3 Å². The Morgan fingerprint density at radius 2 is 1.74 bits per heavy atom. The molecular weight excluding hydrogens is 446 g/mol. The van der Waals surface area contributed by atoms with Gasteiger partial charge in [0.2, 0.25) is 0 Å². The second-order valence-corrected chi connectivity index (χ2v) is 10.1. The van der Waals surface area contributed by atoms with E-state index in [2.05, 4.69) is 46.3 Å². The number of hydrogen-bond donors (Lipinski definition) is 0. The third-order valence-corrected chi connectivity index (χ3v) is 6.12. The van der Waals surface area contributed by atoms with E-state index in [1.54, 1.807) is 6.07 Å². The Kier molecular flexibility index (Phi) is 7.54. The Bertz CT molecular complexity index is 1110. The number of nitrogens with zero attached hydrogens (tertiary/aromatic N) is 3. The van der Waals surface area contributed by atoms with E-state index in [-0.39, 0.29) is 12.1 Å². The number of pyridine rings is 1. The van der Waals surface area contributed by atoms with Gasteiger partial charge in [0.05, 0.1) is 11.7 Å². The molecule has 2 aromatic carbocycles. The zero-order valence-corrected chi connectivity index (χ0v) is 20.8. The van der Waals surface area contributed by atoms with Crippen molar-refractivity contribution in [3.8, 4) is 11.3 Å². The quantitative estimate of drug-likeness (QED) is 0.418. The van der Waals surface area contributed by atoms with E-state index in [9.17, 15) is 4.79 Å². The van der Waals surface area contributed by atoms with Crippen LogP contribution in [0, 0.1) is 0 Å². The van der Waals surface area contributed by atoms with E-state index in [0.717, 1.165) is 36.5 Å². The highest BCUT2D eigenvalue weighted by Gasteiger charge is 2.33. The summed E-state index contributed by atoms with van der Waals surface area (Å²) >= 11 is 6.17. The van der Waals surface area contributed by atoms with Crippen LogP contribution in [0.25, 0.3) is 11.3 Å². The molecule has 178 valence electrons. The fourth-order valence-electron chi connectivity index (χ4n) is 4.40. The van der Waals surface area contributed by atoms with Crippen molar-refractivity contribution >= 4 is 17.7 Å². The van der Waals surface area contributed by atoms with Gasteiger partial charge in [0.1, 0.15) is 10.8 Å². The predicted octanol–water partition coefficient (Wildman–Crippen LogP) is 6.07. The molecule has 0 aliphatic carbocycles. The Morgan fingerprint density at radius 1 is 1.00 bits per heavy atom. The molecule has 0 bridgehead atoms. The lowest BCUT2D eigenvalue weighted by Crippen LogP contribution is -2.56. The van der Waals surface area contributed by atoms with E-state index in [1.807, 2.05) is 56.0 Å². The van der Waals surface area contributed by atoms with Crippen molar-refractivity contribution in [1.29, 1.82) is 0 Å². The van der Waals surface area contributed by atoms with Crippen LogP contribution in [0.4, 0.5) is 4.79 Å². The average molecular weight is 478 g/mol. The number of piperazine rings is 1. The molecule has 0 spiro atoms. The fourth-order valence-corrected chi connectivity index (χ4v) is 4.56. The summed E-state index contributed by atoms with van der Waals surface area (Å²) in [6, 6.07) is 24.3. The highest BCUT2D eigenvalue weighted by Crippen LogP contribution is 2.27. The van der Waals surface area contributed by atoms with Crippen molar-refractivity contribution in [1.82, 2.24) is 14.8 Å². The lowest BCUT2D eigenvalue weighted by atomic mass is 9.95. The van der Waals surface area contributed by atoms with Gasteiger partial charge in [-0.3, -0.25) is 4.90 Å². The number of carbonyl (C=O) groups excluding carboxylic acids is 1. The molecule has 34 heavy (non-hydrogen) atoms. The molecule has 1 fully saturated rings. The molecule has 1 aliphatic heterocycles. The first-order chi connectivity index (χ1) is 16.3. The highest BCUT2D eigenvalue weighted by molar-refractivity contribution is 6.29. The minimum Gasteiger partial charge on any atom is -0.444 e. The van der Waals surface area contributed by atoms with Crippen LogP contribution in [0.5, 0.6) is 0 Å². The van der Waals surface area contributed by atoms with Gasteiger partial charge in [0, 0.05) is 31.7 Å². The first kappa shape index (κ1) is 24.2. The van der Waals surface area contributed by atoms with E-state index < -0.39 is 5.60 Å². The molecule has 1 saturated heterocycles. The van der Waals surface area contributed by atoms with Crippen molar-refractivity contribution in [3.63, 3.8) is 0 Å². The van der Waals surface area contributed by atoms with E-state index in [1.165, 1.54) is 5.56 Å². The van der Waals surface area contributed by atoms with Gasteiger partial charge in [-0.2, -0.15) is 0 Å². The molecule has 6 heteroatoms. The van der Waals surface area contributed by atoms with Crippen LogP contribution in [0.1, 0.15) is 31.9 Å². The van der Waals surface area contributed by atoms with Crippen molar-refractivity contribution in [2.24, 2.45) is 0 Å². The van der Waals surface area contributed by atoms with Crippen molar-refractivity contribution in [2.75, 3.05) is 19.6 Å². The van der Waals surface area contributed by atoms with Gasteiger partial charge in [-0.15, -0.1) is 0 Å². The van der Waals surface area contributed by atoms with Crippen molar-refractivity contribution in [2.45, 2.75) is 45.4 Å². The molecule has 0 N–H and O–H groups in total. The largest absolute Gasteiger partial charge is 0.444 e. The number of halogens is 1. The second-order valence-electron chi connectivity index (χ2n) is 9.76. The molecule has 1 aliphatic rings.